The van der Waals surface area contributed by atoms with E-state index in [4.69, 9.17) is 11.2 Å². The molecule has 4 heteroatoms. The van der Waals surface area contributed by atoms with Crippen LogP contribution in [-0.4, -0.2) is 22.3 Å². The van der Waals surface area contributed by atoms with E-state index < -0.39 is 12.1 Å². The number of carbonyl (C=O) groups excluding carboxylic acids is 1. The van der Waals surface area contributed by atoms with Gasteiger partial charge in [0.2, 0.25) is 0 Å². The van der Waals surface area contributed by atoms with Crippen molar-refractivity contribution in [2.24, 2.45) is 0 Å². The molecule has 15 heavy (non-hydrogen) atoms. The van der Waals surface area contributed by atoms with Gasteiger partial charge in [0.1, 0.15) is 0 Å². The molecule has 0 spiro atoms. The van der Waals surface area contributed by atoms with Crippen molar-refractivity contribution < 1.29 is 9.53 Å². The fourth-order valence-corrected chi connectivity index (χ4v) is 0.992. The molecule has 1 aromatic rings. The number of rotatable bonds is 3. The molecular formula is C11H14N2O2. The van der Waals surface area contributed by atoms with E-state index in [0.29, 0.717) is 5.92 Å². The maximum Gasteiger partial charge on any atom is 0.360 e. The summed E-state index contributed by atoms with van der Waals surface area (Å²) in [4.78, 5) is 11.4. The lowest BCUT2D eigenvalue weighted by atomic mass is 10.1. The highest BCUT2D eigenvalue weighted by molar-refractivity contribution is 5.87. The minimum absolute atomic E-state index is 0.265. The summed E-state index contributed by atoms with van der Waals surface area (Å²) in [5, 5.41) is 6.63. The molecule has 80 valence electrons. The van der Waals surface area contributed by atoms with Gasteiger partial charge in [0.15, 0.2) is 11.8 Å². The minimum atomic E-state index is -0.531. The van der Waals surface area contributed by atoms with Crippen LogP contribution in [0.3, 0.4) is 0 Å². The van der Waals surface area contributed by atoms with Gasteiger partial charge in [-0.3, -0.25) is 5.10 Å². The maximum atomic E-state index is 11.4. The second-order valence-electron chi connectivity index (χ2n) is 3.58. The van der Waals surface area contributed by atoms with Gasteiger partial charge in [0.25, 0.3) is 0 Å². The Balaban J connectivity index is 2.71. The number of terminal acetylenes is 1. The number of hydrogen-bond acceptors (Lipinski definition) is 3. The standard InChI is InChI=1S/C11H14N2O2/c1-5-8(4)15-11(14)10-6-9(7(2)3)12-13-10/h1,6-8H,2-4H3,(H,12,13). The van der Waals surface area contributed by atoms with Gasteiger partial charge < -0.3 is 4.74 Å². The summed E-state index contributed by atoms with van der Waals surface area (Å²) >= 11 is 0. The minimum Gasteiger partial charge on any atom is -0.445 e. The predicted molar refractivity (Wildman–Crippen MR) is 56.4 cm³/mol. The van der Waals surface area contributed by atoms with Gasteiger partial charge in [-0.2, -0.15) is 5.10 Å². The van der Waals surface area contributed by atoms with E-state index in [1.54, 1.807) is 13.0 Å². The largest absolute Gasteiger partial charge is 0.445 e. The molecule has 0 aromatic carbocycles. The molecule has 1 rings (SSSR count). The zero-order chi connectivity index (χ0) is 11.4. The molecule has 0 saturated heterocycles. The molecule has 0 aliphatic heterocycles. The number of nitrogens with zero attached hydrogens (tertiary/aromatic N) is 1. The first-order chi connectivity index (χ1) is 7.04. The maximum absolute atomic E-state index is 11.4. The molecule has 0 aliphatic rings. The van der Waals surface area contributed by atoms with Crippen LogP contribution in [0.1, 0.15) is 42.9 Å². The molecule has 0 amide bonds. The molecule has 1 unspecified atom stereocenters. The van der Waals surface area contributed by atoms with Gasteiger partial charge in [-0.1, -0.05) is 19.8 Å². The Bertz CT molecular complexity index is 388. The number of nitrogens with one attached hydrogen (secondary N) is 1. The highest BCUT2D eigenvalue weighted by Crippen LogP contribution is 2.12. The van der Waals surface area contributed by atoms with Crippen LogP contribution in [0.4, 0.5) is 0 Å². The number of aromatic nitrogens is 2. The number of aromatic amines is 1. The van der Waals surface area contributed by atoms with E-state index in [-0.39, 0.29) is 5.69 Å². The van der Waals surface area contributed by atoms with Crippen molar-refractivity contribution in [1.82, 2.24) is 10.2 Å². The smallest absolute Gasteiger partial charge is 0.360 e. The van der Waals surface area contributed by atoms with Crippen LogP contribution in [0.25, 0.3) is 0 Å². The quantitative estimate of drug-likeness (QED) is 0.605. The Morgan fingerprint density at radius 3 is 2.73 bits per heavy atom. The molecule has 1 aromatic heterocycles. The lowest BCUT2D eigenvalue weighted by Crippen LogP contribution is -2.13. The molecule has 4 nitrogen and oxygen atoms in total. The van der Waals surface area contributed by atoms with Crippen LogP contribution in [0.2, 0.25) is 0 Å². The summed E-state index contributed by atoms with van der Waals surface area (Å²) in [6.45, 7) is 5.65. The van der Waals surface area contributed by atoms with Gasteiger partial charge in [-0.05, 0) is 18.9 Å². The van der Waals surface area contributed by atoms with Crippen molar-refractivity contribution in [3.63, 3.8) is 0 Å². The van der Waals surface area contributed by atoms with E-state index in [9.17, 15) is 4.79 Å². The Labute approximate surface area is 89.0 Å². The van der Waals surface area contributed by atoms with Gasteiger partial charge in [-0.15, -0.1) is 6.42 Å². The second kappa shape index (κ2) is 4.65. The van der Waals surface area contributed by atoms with E-state index >= 15 is 0 Å². The van der Waals surface area contributed by atoms with Crippen molar-refractivity contribution in [3.05, 3.63) is 17.5 Å². The van der Waals surface area contributed by atoms with E-state index in [1.807, 2.05) is 13.8 Å². The van der Waals surface area contributed by atoms with Crippen LogP contribution >= 0.6 is 0 Å². The topological polar surface area (TPSA) is 55.0 Å². The number of carbonyl (C=O) groups is 1. The number of H-pyrrole nitrogens is 1. The SMILES string of the molecule is C#CC(C)OC(=O)c1cc(C(C)C)[nH]n1. The van der Waals surface area contributed by atoms with Crippen molar-refractivity contribution in [2.75, 3.05) is 0 Å². The number of hydrogen-bond donors (Lipinski definition) is 1. The van der Waals surface area contributed by atoms with Crippen LogP contribution < -0.4 is 0 Å². The monoisotopic (exact) mass is 206 g/mol. The lowest BCUT2D eigenvalue weighted by Gasteiger charge is -2.04. The summed E-state index contributed by atoms with van der Waals surface area (Å²) in [5.41, 5.74) is 1.16. The zero-order valence-corrected chi connectivity index (χ0v) is 9.07. The first-order valence-corrected chi connectivity index (χ1v) is 4.77. The van der Waals surface area contributed by atoms with Gasteiger partial charge in [0.05, 0.1) is 0 Å². The Morgan fingerprint density at radius 1 is 1.60 bits per heavy atom. The van der Waals surface area contributed by atoms with Crippen LogP contribution in [0.5, 0.6) is 0 Å². The normalized spacial score (nSPS) is 12.2. The third-order valence-corrected chi connectivity index (χ3v) is 1.95. The summed E-state index contributed by atoms with van der Waals surface area (Å²) in [6.07, 6.45) is 4.57. The molecule has 0 saturated carbocycles. The van der Waals surface area contributed by atoms with Gasteiger partial charge in [-0.25, -0.2) is 4.79 Å². The molecule has 0 radical (unpaired) electrons. The zero-order valence-electron chi connectivity index (χ0n) is 9.07. The van der Waals surface area contributed by atoms with Gasteiger partial charge >= 0.3 is 5.97 Å². The lowest BCUT2D eigenvalue weighted by molar-refractivity contribution is 0.0432. The number of ether oxygens (including phenoxy) is 1. The highest BCUT2D eigenvalue weighted by atomic mass is 16.5. The Kier molecular flexibility index (Phi) is 3.51. The molecular weight excluding hydrogens is 192 g/mol. The molecule has 0 bridgehead atoms. The van der Waals surface area contributed by atoms with Crippen LogP contribution in [0, 0.1) is 12.3 Å². The van der Waals surface area contributed by atoms with E-state index in [1.165, 1.54) is 0 Å². The van der Waals surface area contributed by atoms with Crippen molar-refractivity contribution in [1.29, 1.82) is 0 Å². The Morgan fingerprint density at radius 2 is 2.27 bits per heavy atom. The van der Waals surface area contributed by atoms with Crippen molar-refractivity contribution in [3.8, 4) is 12.3 Å². The van der Waals surface area contributed by atoms with Crippen molar-refractivity contribution in [2.45, 2.75) is 32.8 Å². The molecule has 1 atom stereocenters. The molecule has 0 fully saturated rings. The highest BCUT2D eigenvalue weighted by Gasteiger charge is 2.15. The average Bonchev–Trinajstić information content (AvgIpc) is 2.66. The summed E-state index contributed by atoms with van der Waals surface area (Å²) in [6, 6.07) is 1.68. The molecule has 0 aliphatic carbocycles. The molecule has 1 N–H and O–H groups in total. The Hall–Kier alpha value is -1.76. The second-order valence-corrected chi connectivity index (χ2v) is 3.58. The third-order valence-electron chi connectivity index (χ3n) is 1.95. The van der Waals surface area contributed by atoms with E-state index in [2.05, 4.69) is 16.1 Å². The first-order valence-electron chi connectivity index (χ1n) is 4.77. The third kappa shape index (κ3) is 2.84. The summed E-state index contributed by atoms with van der Waals surface area (Å²) in [5.74, 6) is 2.11. The molecule has 1 heterocycles. The van der Waals surface area contributed by atoms with E-state index in [0.717, 1.165) is 5.69 Å². The fourth-order valence-electron chi connectivity index (χ4n) is 0.992. The van der Waals surface area contributed by atoms with Crippen LogP contribution in [-0.2, 0) is 4.74 Å². The summed E-state index contributed by atoms with van der Waals surface area (Å²) < 4.78 is 4.92. The first kappa shape index (κ1) is 11.3. The van der Waals surface area contributed by atoms with Gasteiger partial charge in [0, 0.05) is 5.69 Å². The predicted octanol–water partition coefficient (Wildman–Crippen LogP) is 1.71. The fraction of sp³-hybridized carbons (Fsp3) is 0.455. The van der Waals surface area contributed by atoms with Crippen molar-refractivity contribution >= 4 is 5.97 Å². The summed E-state index contributed by atoms with van der Waals surface area (Å²) in [7, 11) is 0. The van der Waals surface area contributed by atoms with Crippen LogP contribution in [0.15, 0.2) is 6.07 Å². The number of esters is 1. The average molecular weight is 206 g/mol.